The lowest BCUT2D eigenvalue weighted by Crippen LogP contribution is -1.96. The summed E-state index contributed by atoms with van der Waals surface area (Å²) in [7, 11) is 0. The molecule has 0 spiro atoms. The van der Waals surface area contributed by atoms with E-state index in [-0.39, 0.29) is 0 Å². The van der Waals surface area contributed by atoms with E-state index >= 15 is 0 Å². The Morgan fingerprint density at radius 1 is 0.500 bits per heavy atom. The van der Waals surface area contributed by atoms with Crippen LogP contribution in [0.4, 0.5) is 0 Å². The molecule has 1 heteroatoms. The minimum atomic E-state index is 0.364. The van der Waals surface area contributed by atoms with Gasteiger partial charge in [0, 0.05) is 6.61 Å². The number of aliphatic hydroxyl groups excluding tert-OH is 1. The highest BCUT2D eigenvalue weighted by Crippen LogP contribution is 2.17. The Labute approximate surface area is 154 Å². The van der Waals surface area contributed by atoms with Gasteiger partial charge in [0.2, 0.25) is 0 Å². The normalized spacial score (nSPS) is 12.6. The fourth-order valence-electron chi connectivity index (χ4n) is 3.62. The molecular formula is C23H48O. The van der Waals surface area contributed by atoms with Crippen molar-refractivity contribution in [1.29, 1.82) is 0 Å². The molecule has 0 aromatic heterocycles. The molecule has 0 heterocycles. The predicted octanol–water partition coefficient (Wildman–Crippen LogP) is 8.05. The van der Waals surface area contributed by atoms with Crippen molar-refractivity contribution in [3.8, 4) is 0 Å². The van der Waals surface area contributed by atoms with Crippen LogP contribution >= 0.6 is 0 Å². The van der Waals surface area contributed by atoms with Gasteiger partial charge in [-0.25, -0.2) is 0 Å². The van der Waals surface area contributed by atoms with E-state index in [4.69, 9.17) is 5.11 Å². The SMILES string of the molecule is CCCCCCCCCCCCCCCCCC[C@H](C)CCCO. The minimum absolute atomic E-state index is 0.364. The average Bonchev–Trinajstić information content (AvgIpc) is 2.59. The Bertz CT molecular complexity index is 214. The quantitative estimate of drug-likeness (QED) is 0.222. The first-order chi connectivity index (χ1) is 11.8. The van der Waals surface area contributed by atoms with Gasteiger partial charge in [0.1, 0.15) is 0 Å². The molecule has 1 N–H and O–H groups in total. The van der Waals surface area contributed by atoms with Crippen LogP contribution in [0.15, 0.2) is 0 Å². The van der Waals surface area contributed by atoms with Crippen LogP contribution in [0.3, 0.4) is 0 Å². The van der Waals surface area contributed by atoms with E-state index in [0.717, 1.165) is 12.3 Å². The summed E-state index contributed by atoms with van der Waals surface area (Å²) in [5, 5.41) is 8.83. The maximum Gasteiger partial charge on any atom is 0.0431 e. The summed E-state index contributed by atoms with van der Waals surface area (Å²) < 4.78 is 0. The topological polar surface area (TPSA) is 20.2 Å². The van der Waals surface area contributed by atoms with Crippen LogP contribution in [-0.2, 0) is 0 Å². The zero-order chi connectivity index (χ0) is 17.7. The van der Waals surface area contributed by atoms with Crippen LogP contribution in [-0.4, -0.2) is 11.7 Å². The molecule has 0 fully saturated rings. The zero-order valence-electron chi connectivity index (χ0n) is 17.2. The summed E-state index contributed by atoms with van der Waals surface area (Å²) in [5.41, 5.74) is 0. The maximum atomic E-state index is 8.83. The van der Waals surface area contributed by atoms with Crippen LogP contribution < -0.4 is 0 Å². The van der Waals surface area contributed by atoms with Crippen molar-refractivity contribution >= 4 is 0 Å². The summed E-state index contributed by atoms with van der Waals surface area (Å²) in [6.45, 7) is 4.99. The Morgan fingerprint density at radius 3 is 1.21 bits per heavy atom. The third kappa shape index (κ3) is 20.0. The highest BCUT2D eigenvalue weighted by Gasteiger charge is 2.01. The van der Waals surface area contributed by atoms with Crippen LogP contribution in [0.1, 0.15) is 136 Å². The number of rotatable bonds is 20. The molecule has 146 valence electrons. The smallest absolute Gasteiger partial charge is 0.0431 e. The first-order valence-electron chi connectivity index (χ1n) is 11.4. The van der Waals surface area contributed by atoms with Gasteiger partial charge in [0.15, 0.2) is 0 Å². The highest BCUT2D eigenvalue weighted by atomic mass is 16.2. The molecule has 0 bridgehead atoms. The maximum absolute atomic E-state index is 8.83. The molecule has 0 aromatic rings. The second-order valence-electron chi connectivity index (χ2n) is 8.06. The summed E-state index contributed by atoms with van der Waals surface area (Å²) in [6.07, 6.45) is 26.7. The van der Waals surface area contributed by atoms with Gasteiger partial charge in [-0.1, -0.05) is 123 Å². The van der Waals surface area contributed by atoms with E-state index in [9.17, 15) is 0 Å². The van der Waals surface area contributed by atoms with Crippen molar-refractivity contribution in [2.75, 3.05) is 6.61 Å². The number of hydrogen-bond acceptors (Lipinski definition) is 1. The van der Waals surface area contributed by atoms with E-state index in [1.165, 1.54) is 116 Å². The van der Waals surface area contributed by atoms with Crippen molar-refractivity contribution in [3.05, 3.63) is 0 Å². The Morgan fingerprint density at radius 2 is 0.833 bits per heavy atom. The average molecular weight is 341 g/mol. The lowest BCUT2D eigenvalue weighted by Gasteiger charge is -2.09. The van der Waals surface area contributed by atoms with Gasteiger partial charge in [-0.05, 0) is 18.8 Å². The van der Waals surface area contributed by atoms with Gasteiger partial charge in [0.25, 0.3) is 0 Å². The van der Waals surface area contributed by atoms with Crippen molar-refractivity contribution in [2.45, 2.75) is 136 Å². The fourth-order valence-corrected chi connectivity index (χ4v) is 3.62. The second-order valence-corrected chi connectivity index (χ2v) is 8.06. The first kappa shape index (κ1) is 24.0. The van der Waals surface area contributed by atoms with E-state index in [0.29, 0.717) is 6.61 Å². The minimum Gasteiger partial charge on any atom is -0.396 e. The molecule has 0 saturated heterocycles. The predicted molar refractivity (Wildman–Crippen MR) is 110 cm³/mol. The van der Waals surface area contributed by atoms with E-state index in [1.54, 1.807) is 0 Å². The van der Waals surface area contributed by atoms with Crippen LogP contribution in [0.2, 0.25) is 0 Å². The molecule has 0 saturated carbocycles. The number of aliphatic hydroxyl groups is 1. The molecule has 0 radical (unpaired) electrons. The molecule has 0 aliphatic heterocycles. The van der Waals surface area contributed by atoms with Gasteiger partial charge in [-0.3, -0.25) is 0 Å². The van der Waals surface area contributed by atoms with Gasteiger partial charge in [-0.15, -0.1) is 0 Å². The molecule has 0 unspecified atom stereocenters. The summed E-state index contributed by atoms with van der Waals surface area (Å²) in [4.78, 5) is 0. The highest BCUT2D eigenvalue weighted by molar-refractivity contribution is 4.55. The van der Waals surface area contributed by atoms with Gasteiger partial charge < -0.3 is 5.11 Å². The molecule has 0 amide bonds. The van der Waals surface area contributed by atoms with E-state index < -0.39 is 0 Å². The second kappa shape index (κ2) is 21.0. The lowest BCUT2D eigenvalue weighted by molar-refractivity contribution is 0.270. The Kier molecular flexibility index (Phi) is 21.0. The summed E-state index contributed by atoms with van der Waals surface area (Å²) >= 11 is 0. The van der Waals surface area contributed by atoms with E-state index in [2.05, 4.69) is 13.8 Å². The molecule has 24 heavy (non-hydrogen) atoms. The number of hydrogen-bond donors (Lipinski definition) is 1. The number of unbranched alkanes of at least 4 members (excludes halogenated alkanes) is 15. The fraction of sp³-hybridized carbons (Fsp3) is 1.00. The zero-order valence-corrected chi connectivity index (χ0v) is 17.2. The summed E-state index contributed by atoms with van der Waals surface area (Å²) in [6, 6.07) is 0. The summed E-state index contributed by atoms with van der Waals surface area (Å²) in [5.74, 6) is 0.809. The van der Waals surface area contributed by atoms with Crippen molar-refractivity contribution < 1.29 is 5.11 Å². The van der Waals surface area contributed by atoms with Gasteiger partial charge in [0.05, 0.1) is 0 Å². The largest absolute Gasteiger partial charge is 0.396 e. The molecule has 0 aliphatic rings. The van der Waals surface area contributed by atoms with Crippen molar-refractivity contribution in [1.82, 2.24) is 0 Å². The van der Waals surface area contributed by atoms with Crippen LogP contribution in [0.5, 0.6) is 0 Å². The third-order valence-electron chi connectivity index (χ3n) is 5.41. The monoisotopic (exact) mass is 340 g/mol. The van der Waals surface area contributed by atoms with Crippen LogP contribution in [0.25, 0.3) is 0 Å². The van der Waals surface area contributed by atoms with Crippen molar-refractivity contribution in [2.24, 2.45) is 5.92 Å². The standard InChI is InChI=1S/C23H48O/c1-3-4-5-6-7-8-9-10-11-12-13-14-15-16-17-18-20-23(2)21-19-22-24/h23-24H,3-22H2,1-2H3/t23-/m0/s1. The van der Waals surface area contributed by atoms with Crippen LogP contribution in [0, 0.1) is 5.92 Å². The molecule has 0 aromatic carbocycles. The molecule has 1 atom stereocenters. The van der Waals surface area contributed by atoms with Gasteiger partial charge in [-0.2, -0.15) is 0 Å². The third-order valence-corrected chi connectivity index (χ3v) is 5.41. The molecule has 0 rings (SSSR count). The molecule has 0 aliphatic carbocycles. The van der Waals surface area contributed by atoms with Gasteiger partial charge >= 0.3 is 0 Å². The molecular weight excluding hydrogens is 292 g/mol. The molecule has 1 nitrogen and oxygen atoms in total. The Balaban J connectivity index is 3.02. The first-order valence-corrected chi connectivity index (χ1v) is 11.4. The van der Waals surface area contributed by atoms with E-state index in [1.807, 2.05) is 0 Å². The van der Waals surface area contributed by atoms with Crippen molar-refractivity contribution in [3.63, 3.8) is 0 Å². The lowest BCUT2D eigenvalue weighted by atomic mass is 9.97. The Hall–Kier alpha value is -0.0400.